The lowest BCUT2D eigenvalue weighted by Gasteiger charge is -2.22. The first-order valence-corrected chi connectivity index (χ1v) is 9.24. The number of para-hydroxylation sites is 1. The molecule has 0 unspecified atom stereocenters. The van der Waals surface area contributed by atoms with Gasteiger partial charge in [-0.25, -0.2) is 4.98 Å². The lowest BCUT2D eigenvalue weighted by molar-refractivity contribution is -0.118. The minimum absolute atomic E-state index is 0.0693. The molecule has 0 fully saturated rings. The van der Waals surface area contributed by atoms with Gasteiger partial charge in [-0.15, -0.1) is 0 Å². The first-order valence-electron chi connectivity index (χ1n) is 9.24. The molecule has 29 heavy (non-hydrogen) atoms. The number of hydrogen-bond donors (Lipinski definition) is 2. The first kappa shape index (κ1) is 20.2. The number of anilines is 3. The summed E-state index contributed by atoms with van der Waals surface area (Å²) >= 11 is 0. The number of carbonyl (C=O) groups excluding carboxylic acids is 1. The largest absolute Gasteiger partial charge is 0.493 e. The van der Waals surface area contributed by atoms with E-state index in [1.807, 2.05) is 54.4 Å². The van der Waals surface area contributed by atoms with Crippen LogP contribution in [0.1, 0.15) is 6.92 Å². The van der Waals surface area contributed by atoms with Gasteiger partial charge in [-0.3, -0.25) is 4.79 Å². The maximum atomic E-state index is 11.0. The topological polar surface area (TPSA) is 88.6 Å². The van der Waals surface area contributed by atoms with Gasteiger partial charge in [-0.05, 0) is 24.3 Å². The molecular weight excluding hydrogens is 370 g/mol. The van der Waals surface area contributed by atoms with Crippen molar-refractivity contribution < 1.29 is 14.3 Å². The van der Waals surface area contributed by atoms with Gasteiger partial charge in [0.2, 0.25) is 11.9 Å². The molecule has 1 aromatic heterocycles. The zero-order valence-electron chi connectivity index (χ0n) is 17.0. The highest BCUT2D eigenvalue weighted by Gasteiger charge is 2.15. The maximum absolute atomic E-state index is 11.0. The molecule has 0 spiro atoms. The Bertz CT molecular complexity index is 1010. The Labute approximate surface area is 169 Å². The van der Waals surface area contributed by atoms with Crippen molar-refractivity contribution in [2.45, 2.75) is 6.92 Å². The van der Waals surface area contributed by atoms with E-state index in [-0.39, 0.29) is 5.91 Å². The van der Waals surface area contributed by atoms with Crippen molar-refractivity contribution in [2.24, 2.45) is 0 Å². The molecule has 0 aliphatic heterocycles. The van der Waals surface area contributed by atoms with E-state index in [1.54, 1.807) is 14.2 Å². The Morgan fingerprint density at radius 2 is 1.79 bits per heavy atom. The van der Waals surface area contributed by atoms with Crippen LogP contribution < -0.4 is 25.0 Å². The predicted octanol–water partition coefficient (Wildman–Crippen LogP) is 2.96. The molecule has 0 saturated heterocycles. The van der Waals surface area contributed by atoms with Crippen LogP contribution in [0.25, 0.3) is 10.9 Å². The number of hydrogen-bond acceptors (Lipinski definition) is 7. The quantitative estimate of drug-likeness (QED) is 0.567. The van der Waals surface area contributed by atoms with E-state index >= 15 is 0 Å². The Morgan fingerprint density at radius 1 is 1.03 bits per heavy atom. The first-order chi connectivity index (χ1) is 14.0. The second-order valence-corrected chi connectivity index (χ2v) is 6.40. The third-order valence-electron chi connectivity index (χ3n) is 4.44. The Hall–Kier alpha value is -3.55. The van der Waals surface area contributed by atoms with Gasteiger partial charge in [-0.2, -0.15) is 4.98 Å². The third kappa shape index (κ3) is 4.66. The average molecular weight is 395 g/mol. The van der Waals surface area contributed by atoms with Crippen LogP contribution in [0.2, 0.25) is 0 Å². The minimum Gasteiger partial charge on any atom is -0.493 e. The van der Waals surface area contributed by atoms with Gasteiger partial charge >= 0.3 is 0 Å². The fraction of sp³-hybridized carbons (Fsp3) is 0.286. The Morgan fingerprint density at radius 3 is 2.52 bits per heavy atom. The van der Waals surface area contributed by atoms with Crippen molar-refractivity contribution in [2.75, 3.05) is 44.6 Å². The molecule has 0 saturated carbocycles. The number of methoxy groups -OCH3 is 2. The van der Waals surface area contributed by atoms with E-state index in [0.29, 0.717) is 30.5 Å². The molecule has 3 aromatic rings. The molecule has 0 aliphatic carbocycles. The molecule has 2 N–H and O–H groups in total. The van der Waals surface area contributed by atoms with E-state index in [0.717, 1.165) is 22.4 Å². The second-order valence-electron chi connectivity index (χ2n) is 6.40. The summed E-state index contributed by atoms with van der Waals surface area (Å²) in [5.74, 6) is 2.49. The molecule has 3 rings (SSSR count). The predicted molar refractivity (Wildman–Crippen MR) is 114 cm³/mol. The van der Waals surface area contributed by atoms with Gasteiger partial charge in [0.25, 0.3) is 0 Å². The van der Waals surface area contributed by atoms with Crippen molar-refractivity contribution in [3.05, 3.63) is 42.5 Å². The lowest BCUT2D eigenvalue weighted by Crippen LogP contribution is -2.26. The van der Waals surface area contributed by atoms with E-state index in [9.17, 15) is 4.79 Å². The number of amides is 1. The highest BCUT2D eigenvalue weighted by Crippen LogP contribution is 2.35. The molecule has 0 aliphatic rings. The highest BCUT2D eigenvalue weighted by atomic mass is 16.5. The SMILES string of the molecule is COc1ccc(N(C)c2nc(NCCNC(C)=O)nc3ccccc23)cc1OC. The monoisotopic (exact) mass is 395 g/mol. The van der Waals surface area contributed by atoms with E-state index in [1.165, 1.54) is 6.92 Å². The summed E-state index contributed by atoms with van der Waals surface area (Å²) in [6.07, 6.45) is 0. The molecule has 8 nitrogen and oxygen atoms in total. The van der Waals surface area contributed by atoms with E-state index in [2.05, 4.69) is 15.6 Å². The summed E-state index contributed by atoms with van der Waals surface area (Å²) in [6.45, 7) is 2.51. The number of nitrogens with zero attached hydrogens (tertiary/aromatic N) is 3. The third-order valence-corrected chi connectivity index (χ3v) is 4.44. The molecule has 8 heteroatoms. The number of rotatable bonds is 8. The number of fused-ring (bicyclic) bond motifs is 1. The summed E-state index contributed by atoms with van der Waals surface area (Å²) < 4.78 is 10.8. The smallest absolute Gasteiger partial charge is 0.225 e. The van der Waals surface area contributed by atoms with Gasteiger partial charge in [0, 0.05) is 44.2 Å². The number of aromatic nitrogens is 2. The Kier molecular flexibility index (Phi) is 6.33. The molecular formula is C21H25N5O3. The van der Waals surface area contributed by atoms with Crippen LogP contribution in [0.4, 0.5) is 17.5 Å². The van der Waals surface area contributed by atoms with Gasteiger partial charge in [0.15, 0.2) is 11.5 Å². The molecule has 152 valence electrons. The summed E-state index contributed by atoms with van der Waals surface area (Å²) in [5, 5.41) is 6.85. The van der Waals surface area contributed by atoms with E-state index < -0.39 is 0 Å². The standard InChI is InChI=1S/C21H25N5O3/c1-14(27)22-11-12-23-21-24-17-8-6-5-7-16(17)20(25-21)26(2)15-9-10-18(28-3)19(13-15)29-4/h5-10,13H,11-12H2,1-4H3,(H,22,27)(H,23,24,25). The number of nitrogens with one attached hydrogen (secondary N) is 2. The maximum Gasteiger partial charge on any atom is 0.225 e. The molecule has 0 atom stereocenters. The van der Waals surface area contributed by atoms with Gasteiger partial charge in [0.1, 0.15) is 5.82 Å². The average Bonchev–Trinajstić information content (AvgIpc) is 2.75. The molecule has 0 radical (unpaired) electrons. The second kappa shape index (κ2) is 9.09. The van der Waals surface area contributed by atoms with Crippen LogP contribution in [-0.2, 0) is 4.79 Å². The number of ether oxygens (including phenoxy) is 2. The van der Waals surface area contributed by atoms with Crippen LogP contribution >= 0.6 is 0 Å². The molecule has 1 amide bonds. The minimum atomic E-state index is -0.0693. The van der Waals surface area contributed by atoms with Crippen LogP contribution in [0.5, 0.6) is 11.5 Å². The van der Waals surface area contributed by atoms with Gasteiger partial charge < -0.3 is 25.0 Å². The fourth-order valence-electron chi connectivity index (χ4n) is 2.96. The molecule has 0 bridgehead atoms. The van der Waals surface area contributed by atoms with Crippen molar-refractivity contribution in [3.8, 4) is 11.5 Å². The highest BCUT2D eigenvalue weighted by molar-refractivity contribution is 5.92. The zero-order chi connectivity index (χ0) is 20.8. The van der Waals surface area contributed by atoms with Crippen LogP contribution in [-0.4, -0.2) is 50.2 Å². The van der Waals surface area contributed by atoms with Crippen LogP contribution in [0, 0.1) is 0 Å². The molecule has 2 aromatic carbocycles. The Balaban J connectivity index is 1.95. The van der Waals surface area contributed by atoms with E-state index in [4.69, 9.17) is 14.5 Å². The van der Waals surface area contributed by atoms with Crippen molar-refractivity contribution in [1.29, 1.82) is 0 Å². The fourth-order valence-corrected chi connectivity index (χ4v) is 2.96. The van der Waals surface area contributed by atoms with Crippen molar-refractivity contribution >= 4 is 34.3 Å². The summed E-state index contributed by atoms with van der Waals surface area (Å²) in [6, 6.07) is 13.5. The number of carbonyl (C=O) groups is 1. The van der Waals surface area contributed by atoms with Crippen molar-refractivity contribution in [1.82, 2.24) is 15.3 Å². The summed E-state index contributed by atoms with van der Waals surface area (Å²) in [4.78, 5) is 22.3. The summed E-state index contributed by atoms with van der Waals surface area (Å²) in [5.41, 5.74) is 1.72. The van der Waals surface area contributed by atoms with Crippen molar-refractivity contribution in [3.63, 3.8) is 0 Å². The normalized spacial score (nSPS) is 10.5. The van der Waals surface area contributed by atoms with Crippen LogP contribution in [0.3, 0.4) is 0 Å². The lowest BCUT2D eigenvalue weighted by atomic mass is 10.2. The molecule has 1 heterocycles. The summed E-state index contributed by atoms with van der Waals surface area (Å²) in [7, 11) is 5.16. The zero-order valence-corrected chi connectivity index (χ0v) is 17.0. The number of benzene rings is 2. The van der Waals surface area contributed by atoms with Crippen LogP contribution in [0.15, 0.2) is 42.5 Å². The van der Waals surface area contributed by atoms with Gasteiger partial charge in [-0.1, -0.05) is 12.1 Å². The van der Waals surface area contributed by atoms with Gasteiger partial charge in [0.05, 0.1) is 19.7 Å².